The lowest BCUT2D eigenvalue weighted by atomic mass is 10.2. The van der Waals surface area contributed by atoms with Gasteiger partial charge in [-0.25, -0.2) is 4.98 Å². The van der Waals surface area contributed by atoms with Gasteiger partial charge in [0.2, 0.25) is 5.91 Å². The number of aromatic amines is 1. The molecule has 1 aliphatic rings. The van der Waals surface area contributed by atoms with E-state index in [4.69, 9.17) is 4.74 Å². The van der Waals surface area contributed by atoms with Gasteiger partial charge in [0.25, 0.3) is 0 Å². The molecule has 2 aromatic rings. The van der Waals surface area contributed by atoms with E-state index in [2.05, 4.69) is 30.5 Å². The van der Waals surface area contributed by atoms with Crippen LogP contribution in [0.2, 0.25) is 0 Å². The Balaban J connectivity index is 1.67. The van der Waals surface area contributed by atoms with Crippen molar-refractivity contribution >= 4 is 11.6 Å². The van der Waals surface area contributed by atoms with Gasteiger partial charge >= 0.3 is 0 Å². The van der Waals surface area contributed by atoms with Crippen LogP contribution in [0.5, 0.6) is 0 Å². The smallest absolute Gasteiger partial charge is 0.241 e. The van der Waals surface area contributed by atoms with Crippen molar-refractivity contribution in [1.82, 2.24) is 29.9 Å². The van der Waals surface area contributed by atoms with Crippen molar-refractivity contribution in [3.8, 4) is 0 Å². The predicted octanol–water partition coefficient (Wildman–Crippen LogP) is 0.864. The summed E-state index contributed by atoms with van der Waals surface area (Å²) in [6.07, 6.45) is -0.226. The van der Waals surface area contributed by atoms with Gasteiger partial charge in [0.15, 0.2) is 5.82 Å². The first-order chi connectivity index (χ1) is 11.9. The SMILES string of the molecule is Cc1nc([C@H]2CN([C@H](C)C(=O)Nc3c(C)nn(C)c3C)CCO2)n[nH]1. The molecule has 0 aliphatic carbocycles. The Morgan fingerprint density at radius 3 is 2.76 bits per heavy atom. The van der Waals surface area contributed by atoms with Gasteiger partial charge in [-0.2, -0.15) is 10.2 Å². The first-order valence-electron chi connectivity index (χ1n) is 8.42. The van der Waals surface area contributed by atoms with Crippen molar-refractivity contribution < 1.29 is 9.53 Å². The topological polar surface area (TPSA) is 101 Å². The van der Waals surface area contributed by atoms with E-state index in [1.165, 1.54) is 0 Å². The zero-order valence-corrected chi connectivity index (χ0v) is 15.3. The van der Waals surface area contributed by atoms with Crippen molar-refractivity contribution in [2.45, 2.75) is 39.8 Å². The molecule has 9 nitrogen and oxygen atoms in total. The number of carbonyl (C=O) groups excluding carboxylic acids is 1. The van der Waals surface area contributed by atoms with E-state index in [0.29, 0.717) is 25.5 Å². The van der Waals surface area contributed by atoms with Crippen molar-refractivity contribution in [2.24, 2.45) is 7.05 Å². The number of hydrogen-bond acceptors (Lipinski definition) is 6. The van der Waals surface area contributed by atoms with E-state index < -0.39 is 0 Å². The summed E-state index contributed by atoms with van der Waals surface area (Å²) in [5.41, 5.74) is 2.54. The number of anilines is 1. The average molecular weight is 347 g/mol. The summed E-state index contributed by atoms with van der Waals surface area (Å²) in [5.74, 6) is 1.34. The zero-order valence-electron chi connectivity index (χ0n) is 15.3. The number of nitrogens with zero attached hydrogens (tertiary/aromatic N) is 5. The Labute approximate surface area is 146 Å². The van der Waals surface area contributed by atoms with Gasteiger partial charge in [-0.15, -0.1) is 0 Å². The fraction of sp³-hybridized carbons (Fsp3) is 0.625. The number of aryl methyl sites for hydroxylation is 3. The Morgan fingerprint density at radius 1 is 1.40 bits per heavy atom. The molecule has 1 aliphatic heterocycles. The van der Waals surface area contributed by atoms with Gasteiger partial charge < -0.3 is 10.1 Å². The number of carbonyl (C=O) groups is 1. The first-order valence-corrected chi connectivity index (χ1v) is 8.42. The molecule has 2 N–H and O–H groups in total. The molecular weight excluding hydrogens is 322 g/mol. The number of H-pyrrole nitrogens is 1. The molecule has 0 aromatic carbocycles. The normalized spacial score (nSPS) is 19.8. The quantitative estimate of drug-likeness (QED) is 0.851. The Kier molecular flexibility index (Phi) is 4.87. The highest BCUT2D eigenvalue weighted by atomic mass is 16.5. The standard InChI is InChI=1S/C16H25N7O2/c1-9-14(10(2)22(5)21-9)18-16(24)11(3)23-6-7-25-13(8-23)15-17-12(4)19-20-15/h11,13H,6-8H2,1-5H3,(H,18,24)(H,17,19,20)/t11-,13-/m1/s1. The van der Waals surface area contributed by atoms with Crippen LogP contribution >= 0.6 is 0 Å². The summed E-state index contributed by atoms with van der Waals surface area (Å²) < 4.78 is 7.54. The molecule has 1 amide bonds. The molecule has 9 heteroatoms. The summed E-state index contributed by atoms with van der Waals surface area (Å²) in [6.45, 7) is 9.41. The lowest BCUT2D eigenvalue weighted by molar-refractivity contribution is -0.124. The molecule has 3 heterocycles. The van der Waals surface area contributed by atoms with Gasteiger partial charge in [0.1, 0.15) is 11.9 Å². The third kappa shape index (κ3) is 3.57. The lowest BCUT2D eigenvalue weighted by Crippen LogP contribution is -2.48. The molecule has 0 unspecified atom stereocenters. The van der Waals surface area contributed by atoms with Crippen LogP contribution in [0.25, 0.3) is 0 Å². The highest BCUT2D eigenvalue weighted by Gasteiger charge is 2.31. The Hall–Kier alpha value is -2.26. The van der Waals surface area contributed by atoms with Crippen LogP contribution < -0.4 is 5.32 Å². The molecule has 2 atom stereocenters. The van der Waals surface area contributed by atoms with E-state index in [0.717, 1.165) is 22.9 Å². The van der Waals surface area contributed by atoms with E-state index in [1.54, 1.807) is 4.68 Å². The minimum Gasteiger partial charge on any atom is -0.367 e. The largest absolute Gasteiger partial charge is 0.367 e. The number of morpholine rings is 1. The van der Waals surface area contributed by atoms with Gasteiger partial charge in [-0.3, -0.25) is 19.5 Å². The fourth-order valence-electron chi connectivity index (χ4n) is 3.03. The summed E-state index contributed by atoms with van der Waals surface area (Å²) in [4.78, 5) is 19.1. The molecule has 1 saturated heterocycles. The molecule has 3 rings (SSSR count). The van der Waals surface area contributed by atoms with E-state index in [9.17, 15) is 4.79 Å². The van der Waals surface area contributed by atoms with Crippen molar-refractivity contribution in [3.63, 3.8) is 0 Å². The second kappa shape index (κ2) is 6.93. The second-order valence-corrected chi connectivity index (χ2v) is 6.47. The number of ether oxygens (including phenoxy) is 1. The van der Waals surface area contributed by atoms with Crippen LogP contribution in [-0.4, -0.2) is 61.5 Å². The maximum Gasteiger partial charge on any atom is 0.241 e. The maximum atomic E-state index is 12.7. The Bertz CT molecular complexity index is 767. The molecule has 136 valence electrons. The fourth-order valence-corrected chi connectivity index (χ4v) is 3.03. The summed E-state index contributed by atoms with van der Waals surface area (Å²) in [6, 6.07) is -0.287. The van der Waals surface area contributed by atoms with Crippen molar-refractivity contribution in [3.05, 3.63) is 23.0 Å². The van der Waals surface area contributed by atoms with Crippen molar-refractivity contribution in [1.29, 1.82) is 0 Å². The van der Waals surface area contributed by atoms with Crippen LogP contribution in [0, 0.1) is 20.8 Å². The average Bonchev–Trinajstić information content (AvgIpc) is 3.13. The maximum absolute atomic E-state index is 12.7. The van der Waals surface area contributed by atoms with Gasteiger partial charge in [-0.1, -0.05) is 0 Å². The number of hydrogen-bond donors (Lipinski definition) is 2. The van der Waals surface area contributed by atoms with Crippen LogP contribution in [0.4, 0.5) is 5.69 Å². The highest BCUT2D eigenvalue weighted by molar-refractivity contribution is 5.95. The van der Waals surface area contributed by atoms with Crippen LogP contribution in [0.1, 0.15) is 36.1 Å². The lowest BCUT2D eigenvalue weighted by Gasteiger charge is -2.35. The molecule has 0 bridgehead atoms. The van der Waals surface area contributed by atoms with Gasteiger partial charge in [0.05, 0.1) is 29.7 Å². The monoisotopic (exact) mass is 347 g/mol. The molecule has 0 radical (unpaired) electrons. The zero-order chi connectivity index (χ0) is 18.1. The predicted molar refractivity (Wildman–Crippen MR) is 92.2 cm³/mol. The number of nitrogens with one attached hydrogen (secondary N) is 2. The third-order valence-corrected chi connectivity index (χ3v) is 4.68. The van der Waals surface area contributed by atoms with Crippen molar-refractivity contribution in [2.75, 3.05) is 25.0 Å². The highest BCUT2D eigenvalue weighted by Crippen LogP contribution is 2.22. The molecule has 1 fully saturated rings. The number of rotatable bonds is 4. The molecule has 2 aromatic heterocycles. The van der Waals surface area contributed by atoms with E-state index in [-0.39, 0.29) is 18.1 Å². The van der Waals surface area contributed by atoms with E-state index in [1.807, 2.05) is 34.7 Å². The number of amides is 1. The third-order valence-electron chi connectivity index (χ3n) is 4.68. The molecular formula is C16H25N7O2. The molecule has 0 saturated carbocycles. The van der Waals surface area contributed by atoms with E-state index >= 15 is 0 Å². The summed E-state index contributed by atoms with van der Waals surface area (Å²) >= 11 is 0. The number of aromatic nitrogens is 5. The van der Waals surface area contributed by atoms with Crippen LogP contribution in [0.15, 0.2) is 0 Å². The van der Waals surface area contributed by atoms with Gasteiger partial charge in [0, 0.05) is 20.1 Å². The molecule has 25 heavy (non-hydrogen) atoms. The van der Waals surface area contributed by atoms with Gasteiger partial charge in [-0.05, 0) is 27.7 Å². The Morgan fingerprint density at radius 2 is 2.16 bits per heavy atom. The minimum atomic E-state index is -0.287. The first kappa shape index (κ1) is 17.6. The summed E-state index contributed by atoms with van der Waals surface area (Å²) in [7, 11) is 1.87. The van der Waals surface area contributed by atoms with Crippen LogP contribution in [0.3, 0.4) is 0 Å². The minimum absolute atomic E-state index is 0.0500. The summed E-state index contributed by atoms with van der Waals surface area (Å²) in [5, 5.41) is 14.4. The second-order valence-electron chi connectivity index (χ2n) is 6.47. The molecule has 0 spiro atoms. The van der Waals surface area contributed by atoms with Crippen LogP contribution in [-0.2, 0) is 16.6 Å².